The number of halogens is 1. The first-order chi connectivity index (χ1) is 11.6. The average molecular weight is 328 g/mol. The maximum Gasteiger partial charge on any atom is 0.224 e. The summed E-state index contributed by atoms with van der Waals surface area (Å²) in [5, 5.41) is 2.88. The van der Waals surface area contributed by atoms with E-state index in [1.54, 1.807) is 12.1 Å². The van der Waals surface area contributed by atoms with Crippen LogP contribution in [-0.2, 0) is 24.3 Å². The lowest BCUT2D eigenvalue weighted by Crippen LogP contribution is -2.24. The average Bonchev–Trinajstić information content (AvgIpc) is 2.59. The van der Waals surface area contributed by atoms with Crippen molar-refractivity contribution in [3.8, 4) is 0 Å². The van der Waals surface area contributed by atoms with Crippen molar-refractivity contribution in [2.45, 2.75) is 33.4 Å². The Morgan fingerprint density at radius 2 is 1.67 bits per heavy atom. The van der Waals surface area contributed by atoms with E-state index < -0.39 is 0 Å². The van der Waals surface area contributed by atoms with Crippen LogP contribution in [0.4, 0.5) is 4.39 Å². The van der Waals surface area contributed by atoms with Crippen LogP contribution in [0, 0.1) is 5.82 Å². The van der Waals surface area contributed by atoms with Crippen LogP contribution in [0.3, 0.4) is 0 Å². The lowest BCUT2D eigenvalue weighted by Gasteiger charge is -2.18. The second-order valence-electron chi connectivity index (χ2n) is 5.86. The summed E-state index contributed by atoms with van der Waals surface area (Å²) < 4.78 is 13.1. The molecule has 0 unspecified atom stereocenters. The lowest BCUT2D eigenvalue weighted by molar-refractivity contribution is -0.120. The molecule has 2 aromatic carbocycles. The molecule has 0 saturated carbocycles. The molecular formula is C20H25FN2O. The molecule has 4 heteroatoms. The van der Waals surface area contributed by atoms with E-state index in [1.807, 2.05) is 12.1 Å². The molecule has 0 spiro atoms. The van der Waals surface area contributed by atoms with E-state index in [2.05, 4.69) is 36.2 Å². The fourth-order valence-electron chi connectivity index (χ4n) is 2.56. The van der Waals surface area contributed by atoms with Crippen LogP contribution in [0.1, 0.15) is 30.5 Å². The van der Waals surface area contributed by atoms with Gasteiger partial charge in [-0.2, -0.15) is 0 Å². The molecule has 0 heterocycles. The molecule has 0 aromatic heterocycles. The third-order valence-corrected chi connectivity index (χ3v) is 4.07. The van der Waals surface area contributed by atoms with Crippen molar-refractivity contribution in [3.05, 3.63) is 71.0 Å². The van der Waals surface area contributed by atoms with Crippen molar-refractivity contribution in [2.24, 2.45) is 0 Å². The van der Waals surface area contributed by atoms with Gasteiger partial charge in [-0.05, 0) is 41.9 Å². The van der Waals surface area contributed by atoms with Crippen molar-refractivity contribution >= 4 is 5.91 Å². The number of rotatable bonds is 8. The summed E-state index contributed by atoms with van der Waals surface area (Å²) in [5.74, 6) is -0.420. The van der Waals surface area contributed by atoms with E-state index in [0.29, 0.717) is 12.1 Å². The number of carbonyl (C=O) groups is 1. The Morgan fingerprint density at radius 3 is 2.29 bits per heavy atom. The first kappa shape index (κ1) is 18.1. The van der Waals surface area contributed by atoms with E-state index >= 15 is 0 Å². The molecule has 24 heavy (non-hydrogen) atoms. The highest BCUT2D eigenvalue weighted by atomic mass is 19.1. The summed E-state index contributed by atoms with van der Waals surface area (Å²) in [7, 11) is 0. The molecule has 1 N–H and O–H groups in total. The van der Waals surface area contributed by atoms with Crippen molar-refractivity contribution in [3.63, 3.8) is 0 Å². The van der Waals surface area contributed by atoms with Gasteiger partial charge in [-0.15, -0.1) is 0 Å². The molecule has 2 rings (SSSR count). The van der Waals surface area contributed by atoms with Crippen molar-refractivity contribution in [1.82, 2.24) is 10.2 Å². The quantitative estimate of drug-likeness (QED) is 0.804. The maximum absolute atomic E-state index is 13.1. The minimum Gasteiger partial charge on any atom is -0.352 e. The van der Waals surface area contributed by atoms with Gasteiger partial charge < -0.3 is 5.32 Å². The van der Waals surface area contributed by atoms with Gasteiger partial charge >= 0.3 is 0 Å². The van der Waals surface area contributed by atoms with Gasteiger partial charge in [0.2, 0.25) is 5.91 Å². The van der Waals surface area contributed by atoms with E-state index in [4.69, 9.17) is 0 Å². The Hall–Kier alpha value is -2.20. The first-order valence-corrected chi connectivity index (χ1v) is 8.42. The number of hydrogen-bond acceptors (Lipinski definition) is 2. The number of amides is 1. The standard InChI is InChI=1S/C20H25FN2O/c1-3-23(4-2)15-17-10-8-16(9-11-17)14-22-20(24)13-18-6-5-7-19(21)12-18/h5-12H,3-4,13-15H2,1-2H3,(H,22,24). The van der Waals surface area contributed by atoms with E-state index in [1.165, 1.54) is 17.7 Å². The molecule has 0 radical (unpaired) electrons. The van der Waals surface area contributed by atoms with E-state index in [-0.39, 0.29) is 18.1 Å². The summed E-state index contributed by atoms with van der Waals surface area (Å²) in [6.45, 7) is 7.82. The maximum atomic E-state index is 13.1. The highest BCUT2D eigenvalue weighted by Gasteiger charge is 2.05. The first-order valence-electron chi connectivity index (χ1n) is 8.42. The number of hydrogen-bond donors (Lipinski definition) is 1. The summed E-state index contributed by atoms with van der Waals surface area (Å²) in [6, 6.07) is 14.4. The molecule has 1 amide bonds. The molecule has 128 valence electrons. The number of carbonyl (C=O) groups excluding carboxylic acids is 1. The van der Waals surface area contributed by atoms with Gasteiger partial charge in [0.05, 0.1) is 6.42 Å². The molecule has 0 fully saturated rings. The Balaban J connectivity index is 1.82. The predicted octanol–water partition coefficient (Wildman–Crippen LogP) is 3.53. The minimum atomic E-state index is -0.316. The van der Waals surface area contributed by atoms with Gasteiger partial charge in [0.15, 0.2) is 0 Å². The molecular weight excluding hydrogens is 303 g/mol. The molecule has 0 aliphatic rings. The van der Waals surface area contributed by atoms with Crippen molar-refractivity contribution < 1.29 is 9.18 Å². The van der Waals surface area contributed by atoms with Crippen molar-refractivity contribution in [1.29, 1.82) is 0 Å². The predicted molar refractivity (Wildman–Crippen MR) is 95.0 cm³/mol. The zero-order chi connectivity index (χ0) is 17.4. The lowest BCUT2D eigenvalue weighted by atomic mass is 10.1. The van der Waals surface area contributed by atoms with Gasteiger partial charge in [-0.1, -0.05) is 50.2 Å². The van der Waals surface area contributed by atoms with E-state index in [0.717, 1.165) is 25.2 Å². The fourth-order valence-corrected chi connectivity index (χ4v) is 2.56. The topological polar surface area (TPSA) is 32.3 Å². The smallest absolute Gasteiger partial charge is 0.224 e. The summed E-state index contributed by atoms with van der Waals surface area (Å²) in [5.41, 5.74) is 3.02. The number of benzene rings is 2. The molecule has 0 atom stereocenters. The van der Waals surface area contributed by atoms with Crippen LogP contribution in [0.15, 0.2) is 48.5 Å². The second kappa shape index (κ2) is 9.18. The third-order valence-electron chi connectivity index (χ3n) is 4.07. The van der Waals surface area contributed by atoms with Crippen LogP contribution in [0.25, 0.3) is 0 Å². The van der Waals surface area contributed by atoms with Gasteiger partial charge in [0.25, 0.3) is 0 Å². The van der Waals surface area contributed by atoms with Gasteiger partial charge in [-0.3, -0.25) is 9.69 Å². The number of nitrogens with one attached hydrogen (secondary N) is 1. The SMILES string of the molecule is CCN(CC)Cc1ccc(CNC(=O)Cc2cccc(F)c2)cc1. The minimum absolute atomic E-state index is 0.104. The second-order valence-corrected chi connectivity index (χ2v) is 5.86. The summed E-state index contributed by atoms with van der Waals surface area (Å²) >= 11 is 0. The molecule has 0 aliphatic heterocycles. The van der Waals surface area contributed by atoms with Crippen LogP contribution in [-0.4, -0.2) is 23.9 Å². The van der Waals surface area contributed by atoms with Crippen LogP contribution in [0.5, 0.6) is 0 Å². The van der Waals surface area contributed by atoms with E-state index in [9.17, 15) is 9.18 Å². The van der Waals surface area contributed by atoms with Crippen LogP contribution in [0.2, 0.25) is 0 Å². The zero-order valence-electron chi connectivity index (χ0n) is 14.4. The molecule has 0 aliphatic carbocycles. The summed E-state index contributed by atoms with van der Waals surface area (Å²) in [4.78, 5) is 14.3. The molecule has 0 bridgehead atoms. The highest BCUT2D eigenvalue weighted by Crippen LogP contribution is 2.08. The van der Waals surface area contributed by atoms with Gasteiger partial charge in [0.1, 0.15) is 5.82 Å². The monoisotopic (exact) mass is 328 g/mol. The van der Waals surface area contributed by atoms with Gasteiger partial charge in [0, 0.05) is 13.1 Å². The van der Waals surface area contributed by atoms with Crippen LogP contribution < -0.4 is 5.32 Å². The summed E-state index contributed by atoms with van der Waals surface area (Å²) in [6.07, 6.45) is 0.192. The Morgan fingerprint density at radius 1 is 1.00 bits per heavy atom. The molecule has 0 saturated heterocycles. The molecule has 3 nitrogen and oxygen atoms in total. The molecule has 2 aromatic rings. The van der Waals surface area contributed by atoms with Gasteiger partial charge in [-0.25, -0.2) is 4.39 Å². The van der Waals surface area contributed by atoms with Crippen LogP contribution >= 0.6 is 0 Å². The zero-order valence-corrected chi connectivity index (χ0v) is 14.4. The fraction of sp³-hybridized carbons (Fsp3) is 0.350. The normalized spacial score (nSPS) is 10.8. The Labute approximate surface area is 143 Å². The largest absolute Gasteiger partial charge is 0.352 e. The Bertz CT molecular complexity index is 651. The Kier molecular flexibility index (Phi) is 6.94. The van der Waals surface area contributed by atoms with Crippen molar-refractivity contribution in [2.75, 3.05) is 13.1 Å². The third kappa shape index (κ3) is 5.78. The number of nitrogens with zero attached hydrogens (tertiary/aromatic N) is 1. The highest BCUT2D eigenvalue weighted by molar-refractivity contribution is 5.78.